The number of rotatable bonds is 3. The fraction of sp³-hybridized carbons (Fsp3) is 0.500. The predicted molar refractivity (Wildman–Crippen MR) is 76.8 cm³/mol. The van der Waals surface area contributed by atoms with Crippen LogP contribution in [-0.4, -0.2) is 48.6 Å². The summed E-state index contributed by atoms with van der Waals surface area (Å²) in [5, 5.41) is 9.17. The minimum absolute atomic E-state index is 0.178. The van der Waals surface area contributed by atoms with Gasteiger partial charge in [0.05, 0.1) is 22.2 Å². The molecule has 1 aromatic rings. The van der Waals surface area contributed by atoms with Crippen LogP contribution >= 0.6 is 0 Å². The summed E-state index contributed by atoms with van der Waals surface area (Å²) >= 11 is 0. The van der Waals surface area contributed by atoms with Gasteiger partial charge in [0.25, 0.3) is 0 Å². The van der Waals surface area contributed by atoms with Crippen molar-refractivity contribution in [2.75, 3.05) is 13.1 Å². The van der Waals surface area contributed by atoms with Gasteiger partial charge in [-0.15, -0.1) is 0 Å². The van der Waals surface area contributed by atoms with Crippen LogP contribution in [0.25, 0.3) is 0 Å². The zero-order valence-electron chi connectivity index (χ0n) is 12.2. The summed E-state index contributed by atoms with van der Waals surface area (Å²) < 4.78 is 32.5. The molecular weight excluding hydrogens is 294 g/mol. The van der Waals surface area contributed by atoms with Crippen molar-refractivity contribution in [3.05, 3.63) is 29.8 Å². The third kappa shape index (κ3) is 3.25. The lowest BCUT2D eigenvalue weighted by Gasteiger charge is -2.41. The van der Waals surface area contributed by atoms with Crippen molar-refractivity contribution in [1.29, 1.82) is 0 Å². The van der Waals surface area contributed by atoms with Crippen molar-refractivity contribution in [1.82, 2.24) is 4.31 Å². The first-order chi connectivity index (χ1) is 9.63. The Morgan fingerprint density at radius 2 is 2.00 bits per heavy atom. The number of hydrogen-bond donors (Lipinski definition) is 1. The van der Waals surface area contributed by atoms with E-state index in [0.29, 0.717) is 0 Å². The third-order valence-electron chi connectivity index (χ3n) is 3.27. The van der Waals surface area contributed by atoms with Gasteiger partial charge in [0, 0.05) is 13.1 Å². The van der Waals surface area contributed by atoms with Crippen molar-refractivity contribution in [3.63, 3.8) is 0 Å². The molecule has 1 saturated heterocycles. The number of carbonyl (C=O) groups is 1. The van der Waals surface area contributed by atoms with Gasteiger partial charge in [-0.3, -0.25) is 0 Å². The van der Waals surface area contributed by atoms with E-state index in [1.807, 2.05) is 13.8 Å². The van der Waals surface area contributed by atoms with Crippen LogP contribution in [0, 0.1) is 0 Å². The lowest BCUT2D eigenvalue weighted by molar-refractivity contribution is -0.109. The summed E-state index contributed by atoms with van der Waals surface area (Å²) in [6.07, 6.45) is -0.250. The molecule has 21 heavy (non-hydrogen) atoms. The van der Waals surface area contributed by atoms with Gasteiger partial charge in [-0.1, -0.05) is 12.1 Å². The summed E-state index contributed by atoms with van der Waals surface area (Å²) in [7, 11) is -3.87. The van der Waals surface area contributed by atoms with Crippen LogP contribution in [-0.2, 0) is 14.8 Å². The molecule has 1 aliphatic heterocycles. The van der Waals surface area contributed by atoms with E-state index >= 15 is 0 Å². The molecular formula is C14H19NO5S. The quantitative estimate of drug-likeness (QED) is 0.916. The zero-order valence-corrected chi connectivity index (χ0v) is 13.1. The molecule has 116 valence electrons. The highest BCUT2D eigenvalue weighted by Gasteiger charge is 2.39. The maximum atomic E-state index is 12.8. The van der Waals surface area contributed by atoms with Crippen LogP contribution in [0.4, 0.5) is 0 Å². The number of aromatic carboxylic acids is 1. The number of sulfonamides is 1. The van der Waals surface area contributed by atoms with Crippen molar-refractivity contribution in [2.45, 2.75) is 37.4 Å². The molecule has 1 heterocycles. The van der Waals surface area contributed by atoms with Gasteiger partial charge in [-0.05, 0) is 32.9 Å². The monoisotopic (exact) mass is 313 g/mol. The van der Waals surface area contributed by atoms with Gasteiger partial charge in [-0.2, -0.15) is 4.31 Å². The van der Waals surface area contributed by atoms with Gasteiger partial charge < -0.3 is 9.84 Å². The smallest absolute Gasteiger partial charge is 0.337 e. The minimum Gasteiger partial charge on any atom is -0.478 e. The zero-order chi connectivity index (χ0) is 15.8. The average molecular weight is 313 g/mol. The highest BCUT2D eigenvalue weighted by atomic mass is 32.2. The number of hydrogen-bond acceptors (Lipinski definition) is 4. The first-order valence-corrected chi connectivity index (χ1v) is 8.08. The van der Waals surface area contributed by atoms with Crippen molar-refractivity contribution in [2.24, 2.45) is 0 Å². The second-order valence-electron chi connectivity index (χ2n) is 5.79. The third-order valence-corrected chi connectivity index (χ3v) is 5.14. The summed E-state index contributed by atoms with van der Waals surface area (Å²) in [5.41, 5.74) is -0.822. The van der Waals surface area contributed by atoms with Gasteiger partial charge in [-0.25, -0.2) is 13.2 Å². The number of nitrogens with zero attached hydrogens (tertiary/aromatic N) is 1. The molecule has 6 nitrogen and oxygen atoms in total. The van der Waals surface area contributed by atoms with Gasteiger partial charge in [0.15, 0.2) is 0 Å². The van der Waals surface area contributed by atoms with E-state index in [1.54, 1.807) is 6.92 Å². The molecule has 1 aliphatic rings. The maximum Gasteiger partial charge on any atom is 0.337 e. The Hall–Kier alpha value is -1.44. The SMILES string of the molecule is CC1CN(S(=O)(=O)c2ccccc2C(=O)O)CC(C)(C)O1. The lowest BCUT2D eigenvalue weighted by atomic mass is 10.1. The fourth-order valence-corrected chi connectivity index (χ4v) is 4.43. The molecule has 1 aromatic carbocycles. The molecule has 0 spiro atoms. The molecule has 7 heteroatoms. The van der Waals surface area contributed by atoms with Crippen LogP contribution in [0.15, 0.2) is 29.2 Å². The molecule has 1 fully saturated rings. The number of carboxylic acid groups (broad SMARTS) is 1. The maximum absolute atomic E-state index is 12.8. The van der Waals surface area contributed by atoms with E-state index < -0.39 is 21.6 Å². The summed E-state index contributed by atoms with van der Waals surface area (Å²) in [5.74, 6) is -1.25. The average Bonchev–Trinajstić information content (AvgIpc) is 2.36. The number of morpholine rings is 1. The standard InChI is InChI=1S/C14H19NO5S/c1-10-8-15(9-14(2,3)20-10)21(18,19)12-7-5-4-6-11(12)13(16)17/h4-7,10H,8-9H2,1-3H3,(H,16,17). The molecule has 0 amide bonds. The Labute approximate surface area is 124 Å². The number of carboxylic acids is 1. The van der Waals surface area contributed by atoms with Gasteiger partial charge >= 0.3 is 5.97 Å². The normalized spacial score (nSPS) is 22.9. The highest BCUT2D eigenvalue weighted by molar-refractivity contribution is 7.89. The van der Waals surface area contributed by atoms with Crippen molar-refractivity contribution in [3.8, 4) is 0 Å². The van der Waals surface area contributed by atoms with E-state index in [1.165, 1.54) is 28.6 Å². The first kappa shape index (κ1) is 15.9. The largest absolute Gasteiger partial charge is 0.478 e. The molecule has 0 radical (unpaired) electrons. The molecule has 1 atom stereocenters. The Kier molecular flexibility index (Phi) is 4.10. The second-order valence-corrected chi connectivity index (χ2v) is 7.69. The summed E-state index contributed by atoms with van der Waals surface area (Å²) in [4.78, 5) is 11.1. The Bertz CT molecular complexity index is 653. The molecule has 1 N–H and O–H groups in total. The Morgan fingerprint density at radius 3 is 2.57 bits per heavy atom. The van der Waals surface area contributed by atoms with Crippen molar-refractivity contribution >= 4 is 16.0 Å². The molecule has 0 bridgehead atoms. The van der Waals surface area contributed by atoms with Crippen LogP contribution in [0.1, 0.15) is 31.1 Å². The second kappa shape index (κ2) is 5.40. The number of ether oxygens (including phenoxy) is 1. The molecule has 1 unspecified atom stereocenters. The summed E-state index contributed by atoms with van der Waals surface area (Å²) in [6.45, 7) is 5.82. The van der Waals surface area contributed by atoms with Crippen LogP contribution in [0.3, 0.4) is 0 Å². The minimum atomic E-state index is -3.87. The number of benzene rings is 1. The van der Waals surface area contributed by atoms with Crippen LogP contribution < -0.4 is 0 Å². The van der Waals surface area contributed by atoms with E-state index in [0.717, 1.165) is 0 Å². The topological polar surface area (TPSA) is 83.9 Å². The fourth-order valence-electron chi connectivity index (χ4n) is 2.59. The summed E-state index contributed by atoms with van der Waals surface area (Å²) in [6, 6.07) is 5.65. The molecule has 0 aromatic heterocycles. The van der Waals surface area contributed by atoms with Gasteiger partial charge in [0.2, 0.25) is 10.0 Å². The lowest BCUT2D eigenvalue weighted by Crippen LogP contribution is -2.53. The van der Waals surface area contributed by atoms with Crippen LogP contribution in [0.5, 0.6) is 0 Å². The molecule has 0 saturated carbocycles. The Morgan fingerprint density at radius 1 is 1.38 bits per heavy atom. The Balaban J connectivity index is 2.45. The first-order valence-electron chi connectivity index (χ1n) is 6.64. The van der Waals surface area contributed by atoms with E-state index in [2.05, 4.69) is 0 Å². The van der Waals surface area contributed by atoms with E-state index in [4.69, 9.17) is 4.74 Å². The molecule has 2 rings (SSSR count). The molecule has 0 aliphatic carbocycles. The van der Waals surface area contributed by atoms with E-state index in [9.17, 15) is 18.3 Å². The highest BCUT2D eigenvalue weighted by Crippen LogP contribution is 2.27. The van der Waals surface area contributed by atoms with Crippen LogP contribution in [0.2, 0.25) is 0 Å². The van der Waals surface area contributed by atoms with Crippen molar-refractivity contribution < 1.29 is 23.1 Å². The predicted octanol–water partition coefficient (Wildman–Crippen LogP) is 1.57. The van der Waals surface area contributed by atoms with Gasteiger partial charge in [0.1, 0.15) is 0 Å². The van der Waals surface area contributed by atoms with E-state index in [-0.39, 0.29) is 29.7 Å².